The summed E-state index contributed by atoms with van der Waals surface area (Å²) in [5.41, 5.74) is 6.65. The summed E-state index contributed by atoms with van der Waals surface area (Å²) in [5.74, 6) is -0.140. The largest absolute Gasteiger partial charge is 0.382 e. The van der Waals surface area contributed by atoms with Gasteiger partial charge < -0.3 is 5.73 Å². The first-order valence-electron chi connectivity index (χ1n) is 5.45. The van der Waals surface area contributed by atoms with Crippen LogP contribution >= 0.6 is 11.3 Å². The fraction of sp³-hybridized carbons (Fsp3) is 0.273. The third-order valence-corrected chi connectivity index (χ3v) is 3.26. The van der Waals surface area contributed by atoms with E-state index >= 15 is 0 Å². The molecule has 0 unspecified atom stereocenters. The maximum atomic E-state index is 11.9. The summed E-state index contributed by atoms with van der Waals surface area (Å²) >= 11 is 1.44. The van der Waals surface area contributed by atoms with E-state index in [-0.39, 0.29) is 17.4 Å². The molecule has 0 saturated carbocycles. The summed E-state index contributed by atoms with van der Waals surface area (Å²) in [7, 11) is 0. The molecular formula is C11H13N5OS. The van der Waals surface area contributed by atoms with Crippen LogP contribution in [0, 0.1) is 6.92 Å². The Morgan fingerprint density at radius 2 is 2.22 bits per heavy atom. The number of nitrogens with two attached hydrogens (primary N) is 1. The lowest BCUT2D eigenvalue weighted by Crippen LogP contribution is -2.14. The molecule has 7 heteroatoms. The van der Waals surface area contributed by atoms with Gasteiger partial charge in [0.25, 0.3) is 5.91 Å². The van der Waals surface area contributed by atoms with Crippen LogP contribution in [-0.2, 0) is 6.42 Å². The molecule has 0 atom stereocenters. The molecule has 6 nitrogen and oxygen atoms in total. The van der Waals surface area contributed by atoms with Crippen LogP contribution in [0.2, 0.25) is 0 Å². The Labute approximate surface area is 108 Å². The van der Waals surface area contributed by atoms with Crippen LogP contribution in [-0.4, -0.2) is 20.9 Å². The van der Waals surface area contributed by atoms with Crippen molar-refractivity contribution in [1.29, 1.82) is 0 Å². The number of nitrogens with zero attached hydrogens (tertiary/aromatic N) is 3. The van der Waals surface area contributed by atoms with Gasteiger partial charge in [-0.05, 0) is 13.3 Å². The standard InChI is InChI=1S/C11H13N5OS/c1-3-7-6(2)18-11(15-7)16-10(17)8-4-13-5-9(12)14-8/h4-5H,3H2,1-2H3,(H2,12,14)(H,15,16,17). The number of carbonyl (C=O) groups excluding carboxylic acids is 1. The van der Waals surface area contributed by atoms with E-state index in [9.17, 15) is 4.79 Å². The van der Waals surface area contributed by atoms with Gasteiger partial charge in [0, 0.05) is 4.88 Å². The molecule has 0 fully saturated rings. The predicted octanol–water partition coefficient (Wildman–Crippen LogP) is 1.64. The minimum absolute atomic E-state index is 0.181. The third-order valence-electron chi connectivity index (χ3n) is 2.33. The number of amides is 1. The minimum Gasteiger partial charge on any atom is -0.382 e. The van der Waals surface area contributed by atoms with Crippen LogP contribution < -0.4 is 11.1 Å². The molecular weight excluding hydrogens is 250 g/mol. The number of nitrogen functional groups attached to an aromatic ring is 1. The van der Waals surface area contributed by atoms with Gasteiger partial charge in [-0.1, -0.05) is 6.92 Å². The molecule has 3 N–H and O–H groups in total. The van der Waals surface area contributed by atoms with E-state index in [2.05, 4.69) is 20.3 Å². The molecule has 0 bridgehead atoms. The van der Waals surface area contributed by atoms with E-state index in [0.717, 1.165) is 17.0 Å². The Morgan fingerprint density at radius 3 is 2.83 bits per heavy atom. The highest BCUT2D eigenvalue weighted by Crippen LogP contribution is 2.22. The van der Waals surface area contributed by atoms with Crippen molar-refractivity contribution in [2.75, 3.05) is 11.1 Å². The van der Waals surface area contributed by atoms with Crippen LogP contribution in [0.25, 0.3) is 0 Å². The molecule has 0 aliphatic carbocycles. The van der Waals surface area contributed by atoms with Crippen molar-refractivity contribution in [3.8, 4) is 0 Å². The second kappa shape index (κ2) is 5.09. The van der Waals surface area contributed by atoms with E-state index in [1.807, 2.05) is 13.8 Å². The monoisotopic (exact) mass is 263 g/mol. The van der Waals surface area contributed by atoms with Gasteiger partial charge in [0.15, 0.2) is 5.13 Å². The molecule has 18 heavy (non-hydrogen) atoms. The predicted molar refractivity (Wildman–Crippen MR) is 70.6 cm³/mol. The number of carbonyl (C=O) groups is 1. The van der Waals surface area contributed by atoms with E-state index in [1.54, 1.807) is 0 Å². The maximum absolute atomic E-state index is 11.9. The topological polar surface area (TPSA) is 93.8 Å². The molecule has 0 saturated heterocycles. The Hall–Kier alpha value is -2.02. The van der Waals surface area contributed by atoms with E-state index < -0.39 is 0 Å². The van der Waals surface area contributed by atoms with Gasteiger partial charge >= 0.3 is 0 Å². The zero-order valence-electron chi connectivity index (χ0n) is 10.1. The Morgan fingerprint density at radius 1 is 1.44 bits per heavy atom. The number of anilines is 2. The first-order valence-corrected chi connectivity index (χ1v) is 6.27. The van der Waals surface area contributed by atoms with Gasteiger partial charge in [-0.3, -0.25) is 15.1 Å². The van der Waals surface area contributed by atoms with Gasteiger partial charge in [-0.2, -0.15) is 0 Å². The molecule has 2 aromatic rings. The van der Waals surface area contributed by atoms with Crippen LogP contribution in [0.5, 0.6) is 0 Å². The molecule has 1 amide bonds. The summed E-state index contributed by atoms with van der Waals surface area (Å²) < 4.78 is 0. The van der Waals surface area contributed by atoms with Crippen LogP contribution in [0.4, 0.5) is 10.9 Å². The number of hydrogen-bond donors (Lipinski definition) is 2. The molecule has 94 valence electrons. The molecule has 0 aliphatic heterocycles. The van der Waals surface area contributed by atoms with Gasteiger partial charge in [0.2, 0.25) is 0 Å². The Balaban J connectivity index is 2.16. The lowest BCUT2D eigenvalue weighted by atomic mass is 10.3. The lowest BCUT2D eigenvalue weighted by molar-refractivity contribution is 0.102. The van der Waals surface area contributed by atoms with Crippen molar-refractivity contribution in [3.05, 3.63) is 28.7 Å². The van der Waals surface area contributed by atoms with E-state index in [1.165, 1.54) is 23.7 Å². The summed E-state index contributed by atoms with van der Waals surface area (Å²) in [4.78, 5) is 25.0. The maximum Gasteiger partial charge on any atom is 0.277 e. The summed E-state index contributed by atoms with van der Waals surface area (Å²) in [6.45, 7) is 4.00. The highest BCUT2D eigenvalue weighted by Gasteiger charge is 2.12. The Kier molecular flexibility index (Phi) is 3.52. The van der Waals surface area contributed by atoms with Crippen LogP contribution in [0.15, 0.2) is 12.4 Å². The molecule has 2 aromatic heterocycles. The normalized spacial score (nSPS) is 10.3. The smallest absolute Gasteiger partial charge is 0.277 e. The number of rotatable bonds is 3. The molecule has 2 heterocycles. The third kappa shape index (κ3) is 2.62. The number of thiazole rings is 1. The number of hydrogen-bond acceptors (Lipinski definition) is 6. The molecule has 0 aromatic carbocycles. The minimum atomic E-state index is -0.355. The van der Waals surface area contributed by atoms with Crippen molar-refractivity contribution in [2.24, 2.45) is 0 Å². The zero-order chi connectivity index (χ0) is 13.1. The van der Waals surface area contributed by atoms with E-state index in [4.69, 9.17) is 5.73 Å². The van der Waals surface area contributed by atoms with Crippen molar-refractivity contribution < 1.29 is 4.79 Å². The zero-order valence-corrected chi connectivity index (χ0v) is 10.9. The number of nitrogens with one attached hydrogen (secondary N) is 1. The summed E-state index contributed by atoms with van der Waals surface area (Å²) in [6, 6.07) is 0. The van der Waals surface area contributed by atoms with Crippen LogP contribution in [0.3, 0.4) is 0 Å². The summed E-state index contributed by atoms with van der Waals surface area (Å²) in [5, 5.41) is 3.26. The first-order chi connectivity index (χ1) is 8.60. The Bertz CT molecular complexity index is 581. The van der Waals surface area contributed by atoms with Crippen molar-refractivity contribution in [2.45, 2.75) is 20.3 Å². The van der Waals surface area contributed by atoms with Crippen molar-refractivity contribution >= 4 is 28.2 Å². The number of aromatic nitrogens is 3. The number of aryl methyl sites for hydroxylation is 2. The SMILES string of the molecule is CCc1nc(NC(=O)c2cncc(N)n2)sc1C. The molecule has 0 radical (unpaired) electrons. The molecule has 0 spiro atoms. The molecule has 0 aliphatic rings. The average molecular weight is 263 g/mol. The van der Waals surface area contributed by atoms with Gasteiger partial charge in [0.05, 0.1) is 18.1 Å². The average Bonchev–Trinajstić information content (AvgIpc) is 2.69. The van der Waals surface area contributed by atoms with Crippen molar-refractivity contribution in [1.82, 2.24) is 15.0 Å². The van der Waals surface area contributed by atoms with Gasteiger partial charge in [-0.25, -0.2) is 9.97 Å². The summed E-state index contributed by atoms with van der Waals surface area (Å²) in [6.07, 6.45) is 3.60. The first kappa shape index (κ1) is 12.4. The van der Waals surface area contributed by atoms with E-state index in [0.29, 0.717) is 5.13 Å². The fourth-order valence-corrected chi connectivity index (χ4v) is 2.36. The highest BCUT2D eigenvalue weighted by atomic mass is 32.1. The highest BCUT2D eigenvalue weighted by molar-refractivity contribution is 7.15. The van der Waals surface area contributed by atoms with Crippen LogP contribution in [0.1, 0.15) is 28.0 Å². The quantitative estimate of drug-likeness (QED) is 0.878. The van der Waals surface area contributed by atoms with Gasteiger partial charge in [-0.15, -0.1) is 11.3 Å². The van der Waals surface area contributed by atoms with Crippen molar-refractivity contribution in [3.63, 3.8) is 0 Å². The van der Waals surface area contributed by atoms with Gasteiger partial charge in [0.1, 0.15) is 11.5 Å². The second-order valence-electron chi connectivity index (χ2n) is 3.66. The lowest BCUT2D eigenvalue weighted by Gasteiger charge is -2.00. The second-order valence-corrected chi connectivity index (χ2v) is 4.86. The fourth-order valence-electron chi connectivity index (χ4n) is 1.46. The molecule has 2 rings (SSSR count).